The molecule has 3 amide bonds. The van der Waals surface area contributed by atoms with Crippen LogP contribution in [-0.2, 0) is 4.79 Å². The highest BCUT2D eigenvalue weighted by molar-refractivity contribution is 6.04. The van der Waals surface area contributed by atoms with E-state index in [0.29, 0.717) is 34.1 Å². The first-order chi connectivity index (χ1) is 15.8. The molecule has 0 bridgehead atoms. The molecule has 3 aromatic rings. The van der Waals surface area contributed by atoms with Gasteiger partial charge < -0.3 is 26.5 Å². The molecule has 5 N–H and O–H groups in total. The van der Waals surface area contributed by atoms with Crippen LogP contribution in [0.3, 0.4) is 0 Å². The van der Waals surface area contributed by atoms with Gasteiger partial charge in [-0.1, -0.05) is 39.0 Å². The molecule has 1 aliphatic rings. The van der Waals surface area contributed by atoms with Crippen molar-refractivity contribution in [1.29, 1.82) is 0 Å². The Morgan fingerprint density at radius 1 is 1.12 bits per heavy atom. The summed E-state index contributed by atoms with van der Waals surface area (Å²) in [6, 6.07) is 10.8. The smallest absolute Gasteiger partial charge is 0.323 e. The number of hydrogen-bond donors (Lipinski definition) is 4. The van der Waals surface area contributed by atoms with E-state index in [-0.39, 0.29) is 17.5 Å². The van der Waals surface area contributed by atoms with Gasteiger partial charge in [0.15, 0.2) is 0 Å². The molecule has 0 aliphatic heterocycles. The van der Waals surface area contributed by atoms with Crippen molar-refractivity contribution >= 4 is 41.3 Å². The summed E-state index contributed by atoms with van der Waals surface area (Å²) in [4.78, 5) is 32.5. The number of aromatic nitrogens is 2. The number of fused-ring (bicyclic) bond motifs is 1. The van der Waals surface area contributed by atoms with Crippen LogP contribution in [-0.4, -0.2) is 34.4 Å². The molecule has 9 nitrogen and oxygen atoms in total. The third-order valence-corrected chi connectivity index (χ3v) is 6.57. The van der Waals surface area contributed by atoms with Crippen LogP contribution < -0.4 is 21.7 Å². The fourth-order valence-electron chi connectivity index (χ4n) is 4.22. The van der Waals surface area contributed by atoms with Gasteiger partial charge in [-0.15, -0.1) is 0 Å². The molecule has 0 radical (unpaired) electrons. The van der Waals surface area contributed by atoms with Gasteiger partial charge in [0.1, 0.15) is 6.79 Å². The molecule has 0 spiro atoms. The highest BCUT2D eigenvalue weighted by Gasteiger charge is 2.41. The number of carbonyl (C=O) groups is 3. The summed E-state index contributed by atoms with van der Waals surface area (Å²) in [7, 11) is 0. The Labute approximate surface area is 192 Å². The molecule has 1 saturated carbocycles. The van der Waals surface area contributed by atoms with E-state index in [1.165, 1.54) is 6.20 Å². The van der Waals surface area contributed by atoms with E-state index in [1.54, 1.807) is 16.8 Å². The van der Waals surface area contributed by atoms with Crippen molar-refractivity contribution < 1.29 is 14.4 Å². The zero-order valence-corrected chi connectivity index (χ0v) is 19.1. The van der Waals surface area contributed by atoms with Crippen molar-refractivity contribution in [3.63, 3.8) is 0 Å². The minimum atomic E-state index is -0.543. The summed E-state index contributed by atoms with van der Waals surface area (Å²) in [5.74, 6) is 0.0180. The van der Waals surface area contributed by atoms with E-state index in [1.807, 2.05) is 37.1 Å². The lowest BCUT2D eigenvalue weighted by molar-refractivity contribution is -0.0980. The van der Waals surface area contributed by atoms with Crippen LogP contribution in [0, 0.1) is 11.3 Å². The number of urea groups is 1. The Morgan fingerprint density at radius 2 is 1.79 bits per heavy atom. The SMILES string of the molecule is C=O.C[C@H]1CC[C@@H](Nc2c(C(N)=O)cnn3cc(NC(=O)Nc4ccccc4)cc23)C1(C)C. The minimum Gasteiger partial charge on any atom is -0.379 e. The maximum absolute atomic E-state index is 12.4. The second kappa shape index (κ2) is 9.72. The zero-order valence-electron chi connectivity index (χ0n) is 19.1. The Bertz CT molecular complexity index is 1140. The van der Waals surface area contributed by atoms with Gasteiger partial charge in [-0.05, 0) is 42.4 Å². The second-order valence-electron chi connectivity index (χ2n) is 8.80. The van der Waals surface area contributed by atoms with Crippen molar-refractivity contribution in [3.8, 4) is 0 Å². The van der Waals surface area contributed by atoms with E-state index in [9.17, 15) is 9.59 Å². The minimum absolute atomic E-state index is 0.0679. The van der Waals surface area contributed by atoms with Crippen LogP contribution in [0.4, 0.5) is 21.9 Å². The normalized spacial score (nSPS) is 18.8. The molecule has 2 aromatic heterocycles. The average Bonchev–Trinajstić information content (AvgIpc) is 3.30. The predicted octanol–water partition coefficient (Wildman–Crippen LogP) is 4.13. The number of nitrogens with one attached hydrogen (secondary N) is 3. The molecule has 33 heavy (non-hydrogen) atoms. The van der Waals surface area contributed by atoms with Crippen LogP contribution >= 0.6 is 0 Å². The first-order valence-electron chi connectivity index (χ1n) is 10.8. The molecule has 1 aromatic carbocycles. The molecule has 2 atom stereocenters. The molecule has 174 valence electrons. The van der Waals surface area contributed by atoms with Crippen molar-refractivity contribution in [2.45, 2.75) is 39.7 Å². The van der Waals surface area contributed by atoms with E-state index in [2.05, 4.69) is 41.8 Å². The molecule has 4 rings (SSSR count). The van der Waals surface area contributed by atoms with Gasteiger partial charge >= 0.3 is 6.03 Å². The summed E-state index contributed by atoms with van der Waals surface area (Å²) in [5, 5.41) is 13.5. The standard InChI is InChI=1S/C23H28N6O2.CH2O/c1-14-9-10-19(23(14,2)3)28-20-17(21(24)30)12-25-29-13-16(11-18(20)29)27-22(31)26-15-7-5-4-6-8-15;1-2/h4-8,11-14,19,28H,9-10H2,1-3H3,(H2,24,30)(H2,26,27,31);1H2/t14-,19+;/m0./s1. The van der Waals surface area contributed by atoms with Gasteiger partial charge in [0.2, 0.25) is 0 Å². The summed E-state index contributed by atoms with van der Waals surface area (Å²) in [6.07, 6.45) is 5.30. The molecule has 0 saturated heterocycles. The Kier molecular flexibility index (Phi) is 7.01. The van der Waals surface area contributed by atoms with Crippen LogP contribution in [0.15, 0.2) is 48.8 Å². The van der Waals surface area contributed by atoms with Crippen molar-refractivity contribution in [2.75, 3.05) is 16.0 Å². The second-order valence-corrected chi connectivity index (χ2v) is 8.80. The fraction of sp³-hybridized carbons (Fsp3) is 0.333. The summed E-state index contributed by atoms with van der Waals surface area (Å²) < 4.78 is 1.64. The van der Waals surface area contributed by atoms with Crippen molar-refractivity contribution in [1.82, 2.24) is 9.61 Å². The lowest BCUT2D eigenvalue weighted by Crippen LogP contribution is -2.35. The maximum atomic E-state index is 12.4. The number of benzene rings is 1. The number of anilines is 3. The topological polar surface area (TPSA) is 131 Å². The van der Waals surface area contributed by atoms with E-state index >= 15 is 0 Å². The number of primary amides is 1. The Hall–Kier alpha value is -3.88. The monoisotopic (exact) mass is 450 g/mol. The number of carbonyl (C=O) groups excluding carboxylic acids is 3. The zero-order chi connectivity index (χ0) is 24.2. The highest BCUT2D eigenvalue weighted by Crippen LogP contribution is 2.44. The quantitative estimate of drug-likeness (QED) is 0.464. The fourth-order valence-corrected chi connectivity index (χ4v) is 4.22. The summed E-state index contributed by atoms with van der Waals surface area (Å²) >= 11 is 0. The predicted molar refractivity (Wildman–Crippen MR) is 130 cm³/mol. The number of amides is 3. The molecular weight excluding hydrogens is 420 g/mol. The lowest BCUT2D eigenvalue weighted by atomic mass is 9.80. The third-order valence-electron chi connectivity index (χ3n) is 6.57. The molecule has 0 unspecified atom stereocenters. The van der Waals surface area contributed by atoms with Crippen molar-refractivity contribution in [3.05, 3.63) is 54.4 Å². The Balaban J connectivity index is 0.00000149. The van der Waals surface area contributed by atoms with Crippen LogP contribution in [0.1, 0.15) is 44.0 Å². The maximum Gasteiger partial charge on any atom is 0.323 e. The summed E-state index contributed by atoms with van der Waals surface area (Å²) in [5.41, 5.74) is 8.62. The lowest BCUT2D eigenvalue weighted by Gasteiger charge is -2.33. The number of para-hydroxylation sites is 1. The van der Waals surface area contributed by atoms with Gasteiger partial charge in [-0.2, -0.15) is 5.10 Å². The average molecular weight is 451 g/mol. The van der Waals surface area contributed by atoms with Crippen molar-refractivity contribution in [2.24, 2.45) is 17.1 Å². The van der Waals surface area contributed by atoms with Gasteiger partial charge in [0, 0.05) is 11.7 Å². The molecular formula is C24H30N6O3. The first-order valence-corrected chi connectivity index (χ1v) is 10.8. The van der Waals surface area contributed by atoms with Crippen LogP contribution in [0.25, 0.3) is 5.52 Å². The third kappa shape index (κ3) is 4.97. The molecule has 2 heterocycles. The number of nitrogens with zero attached hydrogens (tertiary/aromatic N) is 2. The van der Waals surface area contributed by atoms with Crippen LogP contribution in [0.5, 0.6) is 0 Å². The largest absolute Gasteiger partial charge is 0.379 e. The van der Waals surface area contributed by atoms with Gasteiger partial charge in [0.25, 0.3) is 5.91 Å². The van der Waals surface area contributed by atoms with Crippen LogP contribution in [0.2, 0.25) is 0 Å². The van der Waals surface area contributed by atoms with Gasteiger partial charge in [-0.3, -0.25) is 4.79 Å². The Morgan fingerprint density at radius 3 is 2.39 bits per heavy atom. The van der Waals surface area contributed by atoms with Gasteiger partial charge in [-0.25, -0.2) is 9.31 Å². The van der Waals surface area contributed by atoms with E-state index < -0.39 is 5.91 Å². The first kappa shape index (κ1) is 23.8. The molecule has 1 aliphatic carbocycles. The molecule has 9 heteroatoms. The number of rotatable bonds is 5. The number of hydrogen-bond acceptors (Lipinski definition) is 5. The van der Waals surface area contributed by atoms with E-state index in [4.69, 9.17) is 10.5 Å². The summed E-state index contributed by atoms with van der Waals surface area (Å²) in [6.45, 7) is 8.73. The number of nitrogens with two attached hydrogens (primary N) is 1. The molecule has 1 fully saturated rings. The van der Waals surface area contributed by atoms with Gasteiger partial charge in [0.05, 0.1) is 34.8 Å². The highest BCUT2D eigenvalue weighted by atomic mass is 16.2. The van der Waals surface area contributed by atoms with E-state index in [0.717, 1.165) is 12.8 Å².